The van der Waals surface area contributed by atoms with Gasteiger partial charge in [-0.3, -0.25) is 9.32 Å². The van der Waals surface area contributed by atoms with Gasteiger partial charge in [-0.25, -0.2) is 19.5 Å². The second-order valence-electron chi connectivity index (χ2n) is 9.80. The zero-order chi connectivity index (χ0) is 27.7. The summed E-state index contributed by atoms with van der Waals surface area (Å²) in [6, 6.07) is 7.09. The maximum absolute atomic E-state index is 13.9. The highest BCUT2D eigenvalue weighted by atomic mass is 31.2. The Morgan fingerprint density at radius 1 is 1.29 bits per heavy atom. The largest absolute Gasteiger partial charge is 0.462 e. The van der Waals surface area contributed by atoms with Crippen LogP contribution in [0.5, 0.6) is 5.75 Å². The van der Waals surface area contributed by atoms with Gasteiger partial charge in [0.05, 0.1) is 31.2 Å². The Balaban J connectivity index is 1.56. The Labute approximate surface area is 220 Å². The Bertz CT molecular complexity index is 1360. The number of hydrogen-bond donors (Lipinski definition) is 3. The molecule has 3 aromatic rings. The van der Waals surface area contributed by atoms with Crippen LogP contribution in [0.15, 0.2) is 55.1 Å². The summed E-state index contributed by atoms with van der Waals surface area (Å²) in [6.07, 6.45) is 1.97. The number of anilines is 1. The van der Waals surface area contributed by atoms with Crippen LogP contribution in [0.4, 0.5) is 5.82 Å². The van der Waals surface area contributed by atoms with Gasteiger partial charge in [-0.05, 0) is 44.9 Å². The molecule has 1 fully saturated rings. The fourth-order valence-electron chi connectivity index (χ4n) is 4.33. The molecule has 4 rings (SSSR count). The highest BCUT2D eigenvalue weighted by molar-refractivity contribution is 7.52. The summed E-state index contributed by atoms with van der Waals surface area (Å²) in [5, 5.41) is 13.8. The molecule has 0 bridgehead atoms. The highest BCUT2D eigenvalue weighted by Gasteiger charge is 2.49. The number of nitrogens with one attached hydrogen (secondary N) is 1. The van der Waals surface area contributed by atoms with Crippen molar-refractivity contribution in [1.29, 1.82) is 0 Å². The Morgan fingerprint density at radius 3 is 2.68 bits per heavy atom. The number of nitrogens with zero attached hydrogens (tertiary/aromatic N) is 4. The molecule has 1 aliphatic rings. The van der Waals surface area contributed by atoms with Crippen molar-refractivity contribution < 1.29 is 28.3 Å². The monoisotopic (exact) mass is 544 g/mol. The molecular weight excluding hydrogens is 511 g/mol. The van der Waals surface area contributed by atoms with Crippen LogP contribution < -0.4 is 15.3 Å². The Kier molecular flexibility index (Phi) is 7.89. The van der Waals surface area contributed by atoms with Crippen LogP contribution in [0, 0.1) is 5.41 Å². The average Bonchev–Trinajstić information content (AvgIpc) is 3.39. The summed E-state index contributed by atoms with van der Waals surface area (Å²) >= 11 is 0. The molecule has 0 aliphatic heterocycles. The van der Waals surface area contributed by atoms with E-state index in [0.29, 0.717) is 23.2 Å². The topological polar surface area (TPSA) is 164 Å². The number of aliphatic hydroxyl groups is 1. The van der Waals surface area contributed by atoms with Gasteiger partial charge in [0.1, 0.15) is 23.6 Å². The number of rotatable bonds is 10. The minimum absolute atomic E-state index is 0.212. The number of carbonyl (C=O) groups excluding carboxylic acids is 1. The molecule has 38 heavy (non-hydrogen) atoms. The van der Waals surface area contributed by atoms with E-state index in [1.54, 1.807) is 62.0 Å². The molecule has 1 aliphatic carbocycles. The second kappa shape index (κ2) is 10.8. The third kappa shape index (κ3) is 5.58. The van der Waals surface area contributed by atoms with Crippen LogP contribution >= 0.6 is 7.75 Å². The molecule has 2 heterocycles. The molecule has 4 N–H and O–H groups in total. The van der Waals surface area contributed by atoms with Gasteiger partial charge in [0, 0.05) is 5.41 Å². The summed E-state index contributed by atoms with van der Waals surface area (Å²) in [6.45, 7) is 10.7. The molecule has 1 aromatic carbocycles. The maximum atomic E-state index is 13.9. The normalized spacial score (nSPS) is 23.9. The van der Waals surface area contributed by atoms with E-state index in [2.05, 4.69) is 26.6 Å². The van der Waals surface area contributed by atoms with Gasteiger partial charge in [0.2, 0.25) is 0 Å². The molecule has 0 radical (unpaired) electrons. The highest BCUT2D eigenvalue weighted by Crippen LogP contribution is 2.53. The number of nitrogens with two attached hydrogens (primary N) is 1. The zero-order valence-electron chi connectivity index (χ0n) is 21.8. The van der Waals surface area contributed by atoms with E-state index in [9.17, 15) is 14.5 Å². The predicted octanol–water partition coefficient (Wildman–Crippen LogP) is 3.41. The fourth-order valence-corrected chi connectivity index (χ4v) is 5.93. The third-order valence-electron chi connectivity index (χ3n) is 6.60. The molecule has 5 atom stereocenters. The first-order chi connectivity index (χ1) is 17.9. The molecule has 13 heteroatoms. The van der Waals surface area contributed by atoms with Gasteiger partial charge < -0.3 is 24.7 Å². The maximum Gasteiger partial charge on any atom is 0.459 e. The van der Waals surface area contributed by atoms with Crippen LogP contribution in [0.25, 0.3) is 11.2 Å². The summed E-state index contributed by atoms with van der Waals surface area (Å²) in [4.78, 5) is 25.0. The number of esters is 1. The standard InChI is InChI=1S/C25H33N6O6P/c1-15(2)36-24(33)17(4)30-38(34,37-18-9-7-6-8-10-18)35-12-25(5)16(3)19(11-20(25)32)31-14-29-21-22(26)27-13-28-23(21)31/h6-10,13-15,17,19-20,32H,3,11-12H2,1-2,4-5H3,(H,30,34)(H2,26,27,28)/t17?,19-,20-,25-,38?/m0/s1. The van der Waals surface area contributed by atoms with Crippen LogP contribution in [-0.4, -0.2) is 55.5 Å². The van der Waals surface area contributed by atoms with Crippen molar-refractivity contribution in [2.45, 2.75) is 58.4 Å². The number of carbonyl (C=O) groups is 1. The summed E-state index contributed by atoms with van der Waals surface area (Å²) < 4.78 is 32.5. The summed E-state index contributed by atoms with van der Waals surface area (Å²) in [7, 11) is -4.13. The number of imidazole rings is 1. The number of aromatic nitrogens is 4. The van der Waals surface area contributed by atoms with E-state index < -0.39 is 31.3 Å². The number of para-hydroxylation sites is 1. The van der Waals surface area contributed by atoms with Gasteiger partial charge in [-0.1, -0.05) is 31.7 Å². The third-order valence-corrected chi connectivity index (χ3v) is 8.22. The van der Waals surface area contributed by atoms with Gasteiger partial charge in [0.25, 0.3) is 0 Å². The smallest absolute Gasteiger partial charge is 0.459 e. The molecule has 2 unspecified atom stereocenters. The quantitative estimate of drug-likeness (QED) is 0.195. The summed E-state index contributed by atoms with van der Waals surface area (Å²) in [5.41, 5.74) is 6.50. The van der Waals surface area contributed by atoms with Crippen LogP contribution in [0.1, 0.15) is 40.2 Å². The minimum atomic E-state index is -4.13. The number of fused-ring (bicyclic) bond motifs is 1. The summed E-state index contributed by atoms with van der Waals surface area (Å²) in [5.74, 6) is -0.0757. The van der Waals surface area contributed by atoms with E-state index in [1.807, 2.05) is 0 Å². The van der Waals surface area contributed by atoms with Gasteiger partial charge in [0.15, 0.2) is 11.5 Å². The molecule has 2 aromatic heterocycles. The van der Waals surface area contributed by atoms with E-state index >= 15 is 0 Å². The molecule has 204 valence electrons. The van der Waals surface area contributed by atoms with Crippen molar-refractivity contribution >= 4 is 30.7 Å². The Hall–Kier alpha value is -3.31. The first-order valence-electron chi connectivity index (χ1n) is 12.2. The lowest BCUT2D eigenvalue weighted by Crippen LogP contribution is -2.38. The van der Waals surface area contributed by atoms with Crippen molar-refractivity contribution in [3.63, 3.8) is 0 Å². The number of hydrogen-bond acceptors (Lipinski definition) is 10. The second-order valence-corrected chi connectivity index (χ2v) is 11.5. The number of ether oxygens (including phenoxy) is 1. The number of aliphatic hydroxyl groups excluding tert-OH is 1. The molecule has 0 amide bonds. The van der Waals surface area contributed by atoms with Gasteiger partial charge in [-0.2, -0.15) is 5.09 Å². The van der Waals surface area contributed by atoms with Gasteiger partial charge in [-0.15, -0.1) is 0 Å². The number of benzene rings is 1. The SMILES string of the molecule is C=C1[C@@H](n2cnc3c(N)ncnc32)C[C@H](O)[C@@]1(C)COP(=O)(NC(C)C(=O)OC(C)C)Oc1ccccc1. The fraction of sp³-hybridized carbons (Fsp3) is 0.440. The lowest BCUT2D eigenvalue weighted by molar-refractivity contribution is -0.149. The minimum Gasteiger partial charge on any atom is -0.462 e. The number of nitrogen functional groups attached to an aromatic ring is 1. The van der Waals surface area contributed by atoms with Crippen molar-refractivity contribution in [1.82, 2.24) is 24.6 Å². The molecule has 0 spiro atoms. The van der Waals surface area contributed by atoms with Crippen LogP contribution in [-0.2, 0) is 18.6 Å². The molecule has 0 saturated heterocycles. The first kappa shape index (κ1) is 27.7. The van der Waals surface area contributed by atoms with E-state index in [1.165, 1.54) is 13.3 Å². The van der Waals surface area contributed by atoms with Gasteiger partial charge >= 0.3 is 13.7 Å². The lowest BCUT2D eigenvalue weighted by Gasteiger charge is -2.32. The zero-order valence-corrected chi connectivity index (χ0v) is 22.7. The van der Waals surface area contributed by atoms with Crippen molar-refractivity contribution in [2.75, 3.05) is 12.3 Å². The van der Waals surface area contributed by atoms with Crippen molar-refractivity contribution in [3.05, 3.63) is 55.1 Å². The first-order valence-corrected chi connectivity index (χ1v) is 13.8. The van der Waals surface area contributed by atoms with E-state index in [-0.39, 0.29) is 30.3 Å². The van der Waals surface area contributed by atoms with Crippen LogP contribution in [0.2, 0.25) is 0 Å². The Morgan fingerprint density at radius 2 is 2.00 bits per heavy atom. The molecular formula is C25H33N6O6P. The molecule has 12 nitrogen and oxygen atoms in total. The predicted molar refractivity (Wildman–Crippen MR) is 141 cm³/mol. The van der Waals surface area contributed by atoms with Crippen molar-refractivity contribution in [3.8, 4) is 5.75 Å². The van der Waals surface area contributed by atoms with E-state index in [0.717, 1.165) is 0 Å². The van der Waals surface area contributed by atoms with Crippen molar-refractivity contribution in [2.24, 2.45) is 5.41 Å². The van der Waals surface area contributed by atoms with Crippen LogP contribution in [0.3, 0.4) is 0 Å². The lowest BCUT2D eigenvalue weighted by atomic mass is 9.84. The average molecular weight is 545 g/mol. The molecule has 1 saturated carbocycles. The van der Waals surface area contributed by atoms with E-state index in [4.69, 9.17) is 19.5 Å².